The fourth-order valence-electron chi connectivity index (χ4n) is 3.79. The predicted molar refractivity (Wildman–Crippen MR) is 111 cm³/mol. The number of carbonyl (C=O) groups is 2. The van der Waals surface area contributed by atoms with Gasteiger partial charge in [0.15, 0.2) is 5.54 Å². The van der Waals surface area contributed by atoms with Gasteiger partial charge in [0.1, 0.15) is 5.60 Å². The molecule has 0 aliphatic carbocycles. The number of hydrogen-bond acceptors (Lipinski definition) is 6. The molecule has 10 nitrogen and oxygen atoms in total. The third-order valence-corrected chi connectivity index (χ3v) is 6.09. The van der Waals surface area contributed by atoms with Gasteiger partial charge in [0.2, 0.25) is 0 Å². The van der Waals surface area contributed by atoms with Crippen LogP contribution in [0.2, 0.25) is 6.32 Å². The van der Waals surface area contributed by atoms with E-state index >= 15 is 0 Å². The summed E-state index contributed by atoms with van der Waals surface area (Å²) in [6.45, 7) is 13.0. The second-order valence-corrected chi connectivity index (χ2v) is 10.1. The highest BCUT2D eigenvalue weighted by atomic mass is 16.7. The molecular weight excluding hydrogens is 391 g/mol. The standard InChI is InChI=1S/C19H33BN4O6/c1-16(2,3)28-15(27)24-11-13(19(12-24,14(25)26)22-23-21)9-8-10-20-29-17(4,5)18(6,7)30-20/h13H,8-12H2,1-7H3,(H,25,26)/t13-,19-/m0/s1. The summed E-state index contributed by atoms with van der Waals surface area (Å²) in [5.74, 6) is -1.78. The fourth-order valence-corrected chi connectivity index (χ4v) is 3.79. The summed E-state index contributed by atoms with van der Waals surface area (Å²) in [5, 5.41) is 13.5. The molecule has 0 bridgehead atoms. The SMILES string of the molecule is CC(C)(C)OC(=O)N1C[C@H](CCCB2OC(C)(C)C(C)(C)O2)[C@](N=[N+]=[N-])(C(=O)O)C1. The number of carboxylic acid groups (broad SMARTS) is 1. The van der Waals surface area contributed by atoms with Gasteiger partial charge in [0.25, 0.3) is 0 Å². The minimum Gasteiger partial charge on any atom is -0.481 e. The molecule has 1 N–H and O–H groups in total. The van der Waals surface area contributed by atoms with Crippen LogP contribution in [0.1, 0.15) is 61.3 Å². The lowest BCUT2D eigenvalue weighted by Gasteiger charge is -2.32. The van der Waals surface area contributed by atoms with Gasteiger partial charge in [-0.2, -0.15) is 0 Å². The molecule has 2 heterocycles. The summed E-state index contributed by atoms with van der Waals surface area (Å²) in [7, 11) is -0.392. The van der Waals surface area contributed by atoms with E-state index in [4.69, 9.17) is 19.6 Å². The number of aliphatic carboxylic acids is 1. The first-order valence-electron chi connectivity index (χ1n) is 10.3. The second kappa shape index (κ2) is 8.28. The molecule has 2 fully saturated rings. The molecule has 2 atom stereocenters. The van der Waals surface area contributed by atoms with Crippen LogP contribution >= 0.6 is 0 Å². The van der Waals surface area contributed by atoms with Crippen LogP contribution in [0.3, 0.4) is 0 Å². The number of carbonyl (C=O) groups excluding carboxylic acids is 1. The topological polar surface area (TPSA) is 134 Å². The molecule has 11 heteroatoms. The molecule has 0 spiro atoms. The monoisotopic (exact) mass is 424 g/mol. The molecule has 2 aliphatic rings. The summed E-state index contributed by atoms with van der Waals surface area (Å²) < 4.78 is 17.3. The van der Waals surface area contributed by atoms with Gasteiger partial charge < -0.3 is 24.1 Å². The van der Waals surface area contributed by atoms with Crippen LogP contribution in [-0.2, 0) is 18.8 Å². The van der Waals surface area contributed by atoms with E-state index in [2.05, 4.69) is 10.0 Å². The summed E-state index contributed by atoms with van der Waals surface area (Å²) in [5.41, 5.74) is 5.70. The average molecular weight is 424 g/mol. The Labute approximate surface area is 178 Å². The van der Waals surface area contributed by atoms with Crippen molar-refractivity contribution >= 4 is 19.2 Å². The fraction of sp³-hybridized carbons (Fsp3) is 0.895. The summed E-state index contributed by atoms with van der Waals surface area (Å²) in [4.78, 5) is 28.6. The Hall–Kier alpha value is -1.97. The van der Waals surface area contributed by atoms with E-state index in [0.29, 0.717) is 19.2 Å². The molecule has 0 radical (unpaired) electrons. The lowest BCUT2D eigenvalue weighted by Crippen LogP contribution is -2.45. The van der Waals surface area contributed by atoms with E-state index < -0.39 is 47.4 Å². The van der Waals surface area contributed by atoms with E-state index in [1.54, 1.807) is 20.8 Å². The molecule has 0 aromatic rings. The second-order valence-electron chi connectivity index (χ2n) is 10.1. The van der Waals surface area contributed by atoms with Gasteiger partial charge >= 0.3 is 19.2 Å². The zero-order valence-electron chi connectivity index (χ0n) is 19.0. The number of hydrogen-bond donors (Lipinski definition) is 1. The molecular formula is C19H33BN4O6. The Morgan fingerprint density at radius 3 is 2.30 bits per heavy atom. The van der Waals surface area contributed by atoms with Crippen LogP contribution < -0.4 is 0 Å². The van der Waals surface area contributed by atoms with E-state index in [1.807, 2.05) is 27.7 Å². The first kappa shape index (κ1) is 24.3. The third-order valence-electron chi connectivity index (χ3n) is 6.09. The maximum Gasteiger partial charge on any atom is 0.457 e. The van der Waals surface area contributed by atoms with E-state index in [9.17, 15) is 14.7 Å². The zero-order valence-corrected chi connectivity index (χ0v) is 19.0. The molecule has 2 aliphatic heterocycles. The highest BCUT2D eigenvalue weighted by molar-refractivity contribution is 6.45. The zero-order chi connectivity index (χ0) is 23.0. The van der Waals surface area contributed by atoms with Crippen LogP contribution in [0.25, 0.3) is 10.4 Å². The van der Waals surface area contributed by atoms with Crippen molar-refractivity contribution < 1.29 is 28.7 Å². The van der Waals surface area contributed by atoms with Crippen molar-refractivity contribution in [2.45, 2.75) is 90.0 Å². The normalized spacial score (nSPS) is 27.6. The molecule has 0 unspecified atom stereocenters. The number of azide groups is 1. The van der Waals surface area contributed by atoms with Crippen molar-refractivity contribution in [3.05, 3.63) is 10.4 Å². The summed E-state index contributed by atoms with van der Waals surface area (Å²) >= 11 is 0. The van der Waals surface area contributed by atoms with Crippen molar-refractivity contribution in [3.63, 3.8) is 0 Å². The largest absolute Gasteiger partial charge is 0.481 e. The lowest BCUT2D eigenvalue weighted by molar-refractivity contribution is -0.144. The first-order valence-corrected chi connectivity index (χ1v) is 10.3. The predicted octanol–water partition coefficient (Wildman–Crippen LogP) is 3.86. The average Bonchev–Trinajstić information content (AvgIpc) is 3.02. The minimum atomic E-state index is -1.72. The number of amides is 1. The number of likely N-dealkylation sites (tertiary alicyclic amines) is 1. The number of carboxylic acids is 1. The molecule has 0 aromatic heterocycles. The first-order chi connectivity index (χ1) is 13.6. The van der Waals surface area contributed by atoms with Gasteiger partial charge in [0.05, 0.1) is 11.2 Å². The number of ether oxygens (including phenoxy) is 1. The van der Waals surface area contributed by atoms with Crippen molar-refractivity contribution in [2.24, 2.45) is 11.0 Å². The Kier molecular flexibility index (Phi) is 6.71. The Balaban J connectivity index is 2.09. The molecule has 1 amide bonds. The maximum atomic E-state index is 12.5. The van der Waals surface area contributed by atoms with Gasteiger partial charge in [-0.25, -0.2) is 4.79 Å². The number of nitrogens with zero attached hydrogens (tertiary/aromatic N) is 4. The van der Waals surface area contributed by atoms with Crippen LogP contribution in [0, 0.1) is 5.92 Å². The molecule has 168 valence electrons. The van der Waals surface area contributed by atoms with Crippen molar-refractivity contribution in [1.29, 1.82) is 0 Å². The van der Waals surface area contributed by atoms with Crippen molar-refractivity contribution in [3.8, 4) is 0 Å². The van der Waals surface area contributed by atoms with E-state index in [0.717, 1.165) is 0 Å². The highest BCUT2D eigenvalue weighted by Gasteiger charge is 2.54. The number of rotatable bonds is 6. The Morgan fingerprint density at radius 2 is 1.83 bits per heavy atom. The van der Waals surface area contributed by atoms with Gasteiger partial charge in [0, 0.05) is 23.9 Å². The highest BCUT2D eigenvalue weighted by Crippen LogP contribution is 2.40. The molecule has 0 saturated carbocycles. The van der Waals surface area contributed by atoms with Crippen LogP contribution in [-0.4, -0.2) is 64.6 Å². The van der Waals surface area contributed by atoms with E-state index in [1.165, 1.54) is 4.90 Å². The molecule has 2 saturated heterocycles. The summed E-state index contributed by atoms with van der Waals surface area (Å²) in [6, 6.07) is 0. The van der Waals surface area contributed by atoms with Crippen molar-refractivity contribution in [1.82, 2.24) is 4.90 Å². The van der Waals surface area contributed by atoms with Gasteiger partial charge in [-0.05, 0) is 66.7 Å². The Morgan fingerprint density at radius 1 is 1.27 bits per heavy atom. The molecule has 0 aromatic carbocycles. The molecule has 30 heavy (non-hydrogen) atoms. The lowest BCUT2D eigenvalue weighted by atomic mass is 9.78. The smallest absolute Gasteiger partial charge is 0.457 e. The van der Waals surface area contributed by atoms with Gasteiger partial charge in [-0.1, -0.05) is 11.5 Å². The van der Waals surface area contributed by atoms with Gasteiger partial charge in [-0.3, -0.25) is 4.79 Å². The van der Waals surface area contributed by atoms with E-state index in [-0.39, 0.29) is 13.1 Å². The summed E-state index contributed by atoms with van der Waals surface area (Å²) in [6.07, 6.45) is 0.991. The van der Waals surface area contributed by atoms with Crippen LogP contribution in [0.4, 0.5) is 4.79 Å². The van der Waals surface area contributed by atoms with Gasteiger partial charge in [-0.15, -0.1) is 0 Å². The third kappa shape index (κ3) is 5.02. The molecule has 2 rings (SSSR count). The van der Waals surface area contributed by atoms with Crippen LogP contribution in [0.5, 0.6) is 0 Å². The Bertz CT molecular complexity index is 711. The quantitative estimate of drug-likeness (QED) is 0.298. The van der Waals surface area contributed by atoms with Crippen LogP contribution in [0.15, 0.2) is 5.11 Å². The van der Waals surface area contributed by atoms with Crippen molar-refractivity contribution in [2.75, 3.05) is 13.1 Å². The minimum absolute atomic E-state index is 0.142. The maximum absolute atomic E-state index is 12.5.